The molecule has 0 N–H and O–H groups in total. The highest BCUT2D eigenvalue weighted by molar-refractivity contribution is 6.03. The van der Waals surface area contributed by atoms with Gasteiger partial charge in [-0.2, -0.15) is 9.97 Å². The standard InChI is InChI=1S/C118H81N5/c1-118(2)109-59-15-14-54-107(109)108-74-113-114(75-110(108)118)123(112-61-17-16-60-111(112)122(113)98-48-4-3-5-49-98)117-120-115(90-46-22-40-84(66-90)96-70-92(80-36-18-42-86(62-80)103-55-24-32-76-28-6-10-50-99(76)103)68-93(71-96)81-37-19-43-87(63-81)104-56-25-33-77-29-7-11-51-100(77)104)119-116(121-117)91-47-23-41-85(67-91)97-72-94(82-38-20-44-88(64-82)105-57-26-34-78-30-8-12-52-101(78)105)69-95(73-97)83-39-21-45-89(65-83)106-58-27-35-79-31-9-13-53-102(79)106/h3-74,114H,75H2,1-2H3. The van der Waals surface area contributed by atoms with Crippen LogP contribution in [0.5, 0.6) is 0 Å². The maximum absolute atomic E-state index is 5.89. The van der Waals surface area contributed by atoms with Gasteiger partial charge >= 0.3 is 0 Å². The molecule has 2 aliphatic carbocycles. The van der Waals surface area contributed by atoms with Crippen LogP contribution in [0.3, 0.4) is 0 Å². The Kier molecular flexibility index (Phi) is 17.7. The van der Waals surface area contributed by atoms with Gasteiger partial charge in [-0.05, 0) is 286 Å². The third-order valence-electron chi connectivity index (χ3n) is 25.8. The van der Waals surface area contributed by atoms with E-state index in [4.69, 9.17) is 15.0 Å². The van der Waals surface area contributed by atoms with E-state index in [-0.39, 0.29) is 11.5 Å². The minimum Gasteiger partial charge on any atom is -0.310 e. The Morgan fingerprint density at radius 2 is 0.545 bits per heavy atom. The molecule has 20 aromatic rings. The number of para-hydroxylation sites is 3. The molecule has 1 aliphatic heterocycles. The predicted octanol–water partition coefficient (Wildman–Crippen LogP) is 31.2. The first kappa shape index (κ1) is 72.5. The lowest BCUT2D eigenvalue weighted by atomic mass is 9.76. The van der Waals surface area contributed by atoms with E-state index in [2.05, 4.69) is 460 Å². The molecular formula is C118H81N5. The Hall–Kier alpha value is -15.7. The third-order valence-corrected chi connectivity index (χ3v) is 25.8. The molecule has 0 amide bonds. The number of nitrogens with zero attached hydrogens (tertiary/aromatic N) is 5. The summed E-state index contributed by atoms with van der Waals surface area (Å²) in [5, 5.41) is 9.75. The molecule has 2 heterocycles. The van der Waals surface area contributed by atoms with Gasteiger partial charge in [-0.15, -0.1) is 0 Å². The van der Waals surface area contributed by atoms with Crippen LogP contribution in [0, 0.1) is 0 Å². The molecule has 578 valence electrons. The average molecular weight is 1570 g/mol. The van der Waals surface area contributed by atoms with Crippen molar-refractivity contribution in [2.24, 2.45) is 0 Å². The smallest absolute Gasteiger partial charge is 0.234 e. The molecule has 5 nitrogen and oxygen atoms in total. The second-order valence-corrected chi connectivity index (χ2v) is 33.4. The van der Waals surface area contributed by atoms with Gasteiger partial charge in [0.25, 0.3) is 0 Å². The van der Waals surface area contributed by atoms with Crippen LogP contribution >= 0.6 is 0 Å². The molecule has 0 radical (unpaired) electrons. The van der Waals surface area contributed by atoms with E-state index in [1.54, 1.807) is 0 Å². The number of anilines is 4. The van der Waals surface area contributed by atoms with E-state index >= 15 is 0 Å². The lowest BCUT2D eigenvalue weighted by Crippen LogP contribution is -2.46. The van der Waals surface area contributed by atoms with E-state index in [1.165, 1.54) is 87.6 Å². The first-order chi connectivity index (χ1) is 60.7. The Bertz CT molecular complexity index is 7080. The minimum atomic E-state index is -0.253. The van der Waals surface area contributed by atoms with Gasteiger partial charge in [0.15, 0.2) is 11.6 Å². The molecule has 0 spiro atoms. The number of rotatable bonds is 14. The van der Waals surface area contributed by atoms with Crippen molar-refractivity contribution in [2.75, 3.05) is 9.80 Å². The molecule has 0 saturated heterocycles. The summed E-state index contributed by atoms with van der Waals surface area (Å²) >= 11 is 0. The van der Waals surface area contributed by atoms with Gasteiger partial charge in [-0.1, -0.05) is 347 Å². The van der Waals surface area contributed by atoms with E-state index in [0.29, 0.717) is 17.6 Å². The molecule has 1 aromatic heterocycles. The molecule has 0 fully saturated rings. The molecule has 0 bridgehead atoms. The fraction of sp³-hybridized carbons (Fsp3) is 0.0424. The maximum atomic E-state index is 5.89. The zero-order valence-corrected chi connectivity index (χ0v) is 68.1. The molecule has 19 aromatic carbocycles. The summed E-state index contributed by atoms with van der Waals surface area (Å²) in [6, 6.07) is 158. The minimum absolute atomic E-state index is 0.244. The summed E-state index contributed by atoms with van der Waals surface area (Å²) < 4.78 is 0. The quantitative estimate of drug-likeness (QED) is 0.109. The van der Waals surface area contributed by atoms with Crippen molar-refractivity contribution in [3.05, 3.63) is 459 Å². The van der Waals surface area contributed by atoms with Gasteiger partial charge in [-0.3, -0.25) is 4.90 Å². The maximum Gasteiger partial charge on any atom is 0.234 e. The first-order valence-corrected chi connectivity index (χ1v) is 42.6. The number of hydrogen-bond acceptors (Lipinski definition) is 5. The van der Waals surface area contributed by atoms with Gasteiger partial charge in [-0.25, -0.2) is 4.98 Å². The number of allylic oxidation sites excluding steroid dienone is 2. The van der Waals surface area contributed by atoms with Crippen LogP contribution in [0.25, 0.3) is 183 Å². The molecule has 123 heavy (non-hydrogen) atoms. The fourth-order valence-corrected chi connectivity index (χ4v) is 19.7. The summed E-state index contributed by atoms with van der Waals surface area (Å²) in [6.45, 7) is 4.80. The largest absolute Gasteiger partial charge is 0.310 e. The predicted molar refractivity (Wildman–Crippen MR) is 515 cm³/mol. The van der Waals surface area contributed by atoms with Crippen LogP contribution in [0.2, 0.25) is 0 Å². The monoisotopic (exact) mass is 1570 g/mol. The Morgan fingerprint density at radius 1 is 0.252 bits per heavy atom. The first-order valence-electron chi connectivity index (χ1n) is 42.6. The van der Waals surface area contributed by atoms with Crippen LogP contribution in [-0.4, -0.2) is 21.0 Å². The molecule has 5 heteroatoms. The number of benzene rings is 19. The van der Waals surface area contributed by atoms with Crippen molar-refractivity contribution in [2.45, 2.75) is 31.7 Å². The lowest BCUT2D eigenvalue weighted by molar-refractivity contribution is 0.566. The Labute approximate surface area is 716 Å². The molecule has 1 unspecified atom stereocenters. The second kappa shape index (κ2) is 30.0. The van der Waals surface area contributed by atoms with E-state index < -0.39 is 0 Å². The zero-order valence-electron chi connectivity index (χ0n) is 68.1. The molecule has 1 atom stereocenters. The van der Waals surface area contributed by atoms with Crippen molar-refractivity contribution in [3.63, 3.8) is 0 Å². The van der Waals surface area contributed by atoms with Crippen molar-refractivity contribution in [1.29, 1.82) is 0 Å². The van der Waals surface area contributed by atoms with Crippen molar-refractivity contribution in [1.82, 2.24) is 15.0 Å². The summed E-state index contributed by atoms with van der Waals surface area (Å²) in [5.41, 5.74) is 33.6. The highest BCUT2D eigenvalue weighted by atomic mass is 15.4. The summed E-state index contributed by atoms with van der Waals surface area (Å²) in [4.78, 5) is 22.5. The van der Waals surface area contributed by atoms with Crippen molar-refractivity contribution < 1.29 is 0 Å². The van der Waals surface area contributed by atoms with Gasteiger partial charge in [0.05, 0.1) is 17.4 Å². The van der Waals surface area contributed by atoms with Crippen LogP contribution in [0.15, 0.2) is 448 Å². The third kappa shape index (κ3) is 13.0. The van der Waals surface area contributed by atoms with Gasteiger partial charge in [0.2, 0.25) is 5.95 Å². The highest BCUT2D eigenvalue weighted by Crippen LogP contribution is 2.57. The van der Waals surface area contributed by atoms with Crippen LogP contribution < -0.4 is 9.80 Å². The SMILES string of the molecule is CC1(C)C2=C(C=C3C(C2)N(c2nc(-c4cccc(-c5cc(-c6cccc(-c7cccc8ccccc78)c6)cc(-c6cccc(-c7cccc8ccccc78)c6)c5)c4)nc(-c4cccc(-c5cc(-c6cccc(-c7cccc8ccccc78)c6)cc(-c6cccc(-c7cccc8ccccc78)c6)c5)c4)n2)c2ccccc2N3c2ccccc2)c2ccccc21. The molecule has 23 rings (SSSR count). The van der Waals surface area contributed by atoms with E-state index in [9.17, 15) is 0 Å². The average Bonchev–Trinajstić information content (AvgIpc) is 1.45. The lowest BCUT2D eigenvalue weighted by Gasteiger charge is -2.47. The molecule has 0 saturated carbocycles. The van der Waals surface area contributed by atoms with Crippen molar-refractivity contribution in [3.8, 4) is 134 Å². The topological polar surface area (TPSA) is 45.2 Å². The van der Waals surface area contributed by atoms with Crippen LogP contribution in [0.1, 0.15) is 31.4 Å². The number of fused-ring (bicyclic) bond motifs is 8. The zero-order chi connectivity index (χ0) is 81.6. The summed E-state index contributed by atoms with van der Waals surface area (Å²) in [6.07, 6.45) is 3.21. The van der Waals surface area contributed by atoms with Crippen molar-refractivity contribution >= 4 is 71.7 Å². The number of aromatic nitrogens is 3. The normalized spacial score (nSPS) is 13.9. The molecular weight excluding hydrogens is 1490 g/mol. The second-order valence-electron chi connectivity index (χ2n) is 33.4. The highest BCUT2D eigenvalue weighted by Gasteiger charge is 2.47. The van der Waals surface area contributed by atoms with Gasteiger partial charge < -0.3 is 4.90 Å². The van der Waals surface area contributed by atoms with Gasteiger partial charge in [0, 0.05) is 27.9 Å². The fourth-order valence-electron chi connectivity index (χ4n) is 19.7. The van der Waals surface area contributed by atoms with Gasteiger partial charge in [0.1, 0.15) is 0 Å². The van der Waals surface area contributed by atoms with Crippen LogP contribution in [0.4, 0.5) is 23.0 Å². The van der Waals surface area contributed by atoms with E-state index in [0.717, 1.165) is 129 Å². The summed E-state index contributed by atoms with van der Waals surface area (Å²) in [5.74, 6) is 1.68. The van der Waals surface area contributed by atoms with Crippen LogP contribution in [-0.2, 0) is 5.41 Å². The Morgan fingerprint density at radius 3 is 0.943 bits per heavy atom. The Balaban J connectivity index is 0.712. The number of hydrogen-bond donors (Lipinski definition) is 0. The van der Waals surface area contributed by atoms with E-state index in [1.807, 2.05) is 0 Å². The molecule has 3 aliphatic rings. The summed E-state index contributed by atoms with van der Waals surface area (Å²) in [7, 11) is 0.